The second-order valence-corrected chi connectivity index (χ2v) is 8.50. The number of unbranched alkanes of at least 4 members (excludes halogenated alkanes) is 2. The van der Waals surface area contributed by atoms with E-state index in [2.05, 4.69) is 6.92 Å². The number of carbonyl (C=O) groups excluding carboxylic acids is 1. The molecule has 0 heterocycles. The number of hydrogen-bond donors (Lipinski definition) is 0. The van der Waals surface area contributed by atoms with Crippen molar-refractivity contribution in [3.8, 4) is 11.5 Å². The normalized spacial score (nSPS) is 18.6. The monoisotopic (exact) mass is 442 g/mol. The first-order valence-corrected chi connectivity index (χ1v) is 11.6. The van der Waals surface area contributed by atoms with Gasteiger partial charge in [0.1, 0.15) is 0 Å². The Bertz CT molecular complexity index is 913. The number of halogens is 2. The third-order valence-corrected chi connectivity index (χ3v) is 6.23. The van der Waals surface area contributed by atoms with E-state index in [1.54, 1.807) is 25.1 Å². The van der Waals surface area contributed by atoms with Crippen LogP contribution in [0.15, 0.2) is 48.7 Å². The smallest absolute Gasteiger partial charge is 0.343 e. The largest absolute Gasteiger partial charge is 0.462 e. The van der Waals surface area contributed by atoms with E-state index in [1.807, 2.05) is 12.1 Å². The molecule has 3 rings (SSSR count). The summed E-state index contributed by atoms with van der Waals surface area (Å²) in [5, 5.41) is 0. The minimum Gasteiger partial charge on any atom is -0.462 e. The molecule has 0 radical (unpaired) electrons. The highest BCUT2D eigenvalue weighted by Gasteiger charge is 2.23. The van der Waals surface area contributed by atoms with Gasteiger partial charge in [0.2, 0.25) is 11.6 Å². The summed E-state index contributed by atoms with van der Waals surface area (Å²) >= 11 is 0. The maximum Gasteiger partial charge on any atom is 0.343 e. The number of hydrogen-bond acceptors (Lipinski definition) is 3. The van der Waals surface area contributed by atoms with Crippen LogP contribution < -0.4 is 9.47 Å². The lowest BCUT2D eigenvalue weighted by Gasteiger charge is -2.29. The van der Waals surface area contributed by atoms with Gasteiger partial charge in [-0.25, -0.2) is 4.79 Å². The van der Waals surface area contributed by atoms with E-state index in [0.717, 1.165) is 5.92 Å². The molecule has 2 aromatic rings. The van der Waals surface area contributed by atoms with Gasteiger partial charge in [0, 0.05) is 0 Å². The van der Waals surface area contributed by atoms with Gasteiger partial charge in [-0.3, -0.25) is 0 Å². The summed E-state index contributed by atoms with van der Waals surface area (Å²) in [5.41, 5.74) is 1.52. The summed E-state index contributed by atoms with van der Waals surface area (Å²) in [6, 6.07) is 9.70. The van der Waals surface area contributed by atoms with Crippen LogP contribution in [0.4, 0.5) is 8.78 Å². The van der Waals surface area contributed by atoms with Crippen molar-refractivity contribution in [1.29, 1.82) is 0 Å². The van der Waals surface area contributed by atoms with E-state index >= 15 is 0 Å². The Hall–Kier alpha value is -2.69. The van der Waals surface area contributed by atoms with E-state index < -0.39 is 23.4 Å². The van der Waals surface area contributed by atoms with Gasteiger partial charge in [-0.2, -0.15) is 8.78 Å². The van der Waals surface area contributed by atoms with Crippen molar-refractivity contribution < 1.29 is 23.0 Å². The Morgan fingerprint density at radius 2 is 1.62 bits per heavy atom. The second kappa shape index (κ2) is 11.8. The molecule has 0 unspecified atom stereocenters. The van der Waals surface area contributed by atoms with Crippen molar-refractivity contribution >= 4 is 5.97 Å². The van der Waals surface area contributed by atoms with Gasteiger partial charge in [-0.15, -0.1) is 0 Å². The molecule has 0 aliphatic heterocycles. The number of allylic oxidation sites excluding steroid dienone is 1. The fourth-order valence-corrected chi connectivity index (χ4v) is 4.34. The number of carbonyl (C=O) groups is 1. The number of ether oxygens (including phenoxy) is 2. The van der Waals surface area contributed by atoms with E-state index in [0.29, 0.717) is 11.5 Å². The molecule has 1 aliphatic rings. The average molecular weight is 443 g/mol. The maximum absolute atomic E-state index is 14.2. The van der Waals surface area contributed by atoms with E-state index in [1.165, 1.54) is 75.3 Å². The SMILES string of the molecule is CC=COc1ccc(OC(=O)c2ccc(C3CCC(CCCCC)CC3)cc2)c(F)c1F. The third kappa shape index (κ3) is 6.18. The van der Waals surface area contributed by atoms with Gasteiger partial charge in [0.15, 0.2) is 11.5 Å². The molecule has 0 bridgehead atoms. The van der Waals surface area contributed by atoms with Crippen molar-refractivity contribution in [2.75, 3.05) is 0 Å². The highest BCUT2D eigenvalue weighted by atomic mass is 19.2. The molecule has 2 aromatic carbocycles. The van der Waals surface area contributed by atoms with Crippen molar-refractivity contribution in [2.45, 2.75) is 71.1 Å². The fraction of sp³-hybridized carbons (Fsp3) is 0.444. The van der Waals surface area contributed by atoms with Crippen molar-refractivity contribution in [3.63, 3.8) is 0 Å². The van der Waals surface area contributed by atoms with Crippen molar-refractivity contribution in [3.05, 3.63) is 71.5 Å². The number of esters is 1. The Morgan fingerprint density at radius 1 is 0.969 bits per heavy atom. The maximum atomic E-state index is 14.2. The number of rotatable bonds is 9. The molecule has 0 aromatic heterocycles. The minimum absolute atomic E-state index is 0.273. The molecule has 0 amide bonds. The molecular weight excluding hydrogens is 410 g/mol. The Balaban J connectivity index is 1.57. The first-order valence-electron chi connectivity index (χ1n) is 11.6. The molecule has 0 spiro atoms. The highest BCUT2D eigenvalue weighted by molar-refractivity contribution is 5.91. The van der Waals surface area contributed by atoms with Crippen LogP contribution in [0.25, 0.3) is 0 Å². The van der Waals surface area contributed by atoms with Gasteiger partial charge in [-0.1, -0.05) is 50.8 Å². The molecule has 0 saturated heterocycles. The lowest BCUT2D eigenvalue weighted by Crippen LogP contribution is -2.14. The first-order chi connectivity index (χ1) is 15.5. The Labute approximate surface area is 189 Å². The average Bonchev–Trinajstić information content (AvgIpc) is 2.82. The molecule has 1 fully saturated rings. The molecule has 1 saturated carbocycles. The lowest BCUT2D eigenvalue weighted by molar-refractivity contribution is 0.0726. The Kier molecular flexibility index (Phi) is 8.83. The van der Waals surface area contributed by atoms with Crippen LogP contribution in [0, 0.1) is 17.6 Å². The summed E-state index contributed by atoms with van der Waals surface area (Å²) in [4.78, 5) is 12.4. The molecular formula is C27H32F2O3. The van der Waals surface area contributed by atoms with Gasteiger partial charge in [0.25, 0.3) is 0 Å². The second-order valence-electron chi connectivity index (χ2n) is 8.50. The van der Waals surface area contributed by atoms with Gasteiger partial charge >= 0.3 is 5.97 Å². The summed E-state index contributed by atoms with van der Waals surface area (Å²) in [5.74, 6) is -2.56. The van der Waals surface area contributed by atoms with Crippen LogP contribution in [0.2, 0.25) is 0 Å². The quantitative estimate of drug-likeness (QED) is 0.171. The van der Waals surface area contributed by atoms with Crippen molar-refractivity contribution in [2.24, 2.45) is 5.92 Å². The molecule has 5 heteroatoms. The van der Waals surface area contributed by atoms with Crippen LogP contribution in [-0.4, -0.2) is 5.97 Å². The van der Waals surface area contributed by atoms with E-state index in [4.69, 9.17) is 9.47 Å². The summed E-state index contributed by atoms with van der Waals surface area (Å²) in [6.07, 6.45) is 12.9. The van der Waals surface area contributed by atoms with E-state index in [-0.39, 0.29) is 5.75 Å². The molecule has 32 heavy (non-hydrogen) atoms. The zero-order valence-corrected chi connectivity index (χ0v) is 18.9. The molecule has 1 aliphatic carbocycles. The highest BCUT2D eigenvalue weighted by Crippen LogP contribution is 2.38. The zero-order valence-electron chi connectivity index (χ0n) is 18.9. The molecule has 172 valence electrons. The Morgan fingerprint density at radius 3 is 2.28 bits per heavy atom. The molecule has 3 nitrogen and oxygen atoms in total. The first kappa shape index (κ1) is 24.0. The van der Waals surface area contributed by atoms with Crippen LogP contribution in [0.1, 0.15) is 87.1 Å². The lowest BCUT2D eigenvalue weighted by atomic mass is 9.77. The summed E-state index contributed by atoms with van der Waals surface area (Å²) in [7, 11) is 0. The predicted octanol–water partition coefficient (Wildman–Crippen LogP) is 7.95. The summed E-state index contributed by atoms with van der Waals surface area (Å²) < 4.78 is 38.4. The van der Waals surface area contributed by atoms with Crippen LogP contribution in [-0.2, 0) is 0 Å². The summed E-state index contributed by atoms with van der Waals surface area (Å²) in [6.45, 7) is 3.93. The third-order valence-electron chi connectivity index (χ3n) is 6.23. The van der Waals surface area contributed by atoms with Crippen LogP contribution in [0.5, 0.6) is 11.5 Å². The number of benzene rings is 2. The molecule has 0 atom stereocenters. The standard InChI is InChI=1S/C27H32F2O3/c1-3-5-6-7-19-8-10-20(11-9-19)21-12-14-22(15-13-21)27(30)32-24-17-16-23(31-18-4-2)25(28)26(24)29/h4,12-20H,3,5-11H2,1-2H3. The minimum atomic E-state index is -1.26. The van der Waals surface area contributed by atoms with Crippen LogP contribution >= 0.6 is 0 Å². The van der Waals surface area contributed by atoms with E-state index in [9.17, 15) is 13.6 Å². The van der Waals surface area contributed by atoms with Gasteiger partial charge < -0.3 is 9.47 Å². The predicted molar refractivity (Wildman–Crippen MR) is 122 cm³/mol. The van der Waals surface area contributed by atoms with Gasteiger partial charge in [-0.05, 0) is 74.3 Å². The zero-order chi connectivity index (χ0) is 22.9. The fourth-order valence-electron chi connectivity index (χ4n) is 4.34. The van der Waals surface area contributed by atoms with Gasteiger partial charge in [0.05, 0.1) is 11.8 Å². The van der Waals surface area contributed by atoms with Crippen LogP contribution in [0.3, 0.4) is 0 Å². The molecule has 0 N–H and O–H groups in total. The topological polar surface area (TPSA) is 35.5 Å². The van der Waals surface area contributed by atoms with Crippen molar-refractivity contribution in [1.82, 2.24) is 0 Å².